The van der Waals surface area contributed by atoms with Gasteiger partial charge in [0.1, 0.15) is 0 Å². The Morgan fingerprint density at radius 1 is 0.970 bits per heavy atom. The molecule has 0 bridgehead atoms. The molecule has 1 saturated carbocycles. The third-order valence-electron chi connectivity index (χ3n) is 5.55. The van der Waals surface area contributed by atoms with Gasteiger partial charge in [0.05, 0.1) is 17.1 Å². The predicted molar refractivity (Wildman–Crippen MR) is 132 cm³/mol. The highest BCUT2D eigenvalue weighted by atomic mass is 35.5. The molecule has 2 aromatic rings. The fourth-order valence-corrected chi connectivity index (χ4v) is 3.99. The van der Waals surface area contributed by atoms with Crippen LogP contribution in [0, 0.1) is 0 Å². The second kappa shape index (κ2) is 12.3. The minimum atomic E-state index is -0.281. The van der Waals surface area contributed by atoms with Gasteiger partial charge in [-0.25, -0.2) is 0 Å². The fraction of sp³-hybridized carbons (Fsp3) is 0.400. The van der Waals surface area contributed by atoms with Crippen molar-refractivity contribution in [1.29, 1.82) is 0 Å². The number of nitrogens with one attached hydrogen (secondary N) is 4. The molecule has 0 spiro atoms. The third kappa shape index (κ3) is 7.49. The van der Waals surface area contributed by atoms with Crippen LogP contribution in [0.3, 0.4) is 0 Å². The molecule has 3 rings (SSSR count). The molecule has 3 amide bonds. The monoisotopic (exact) mass is 470 g/mol. The van der Waals surface area contributed by atoms with Crippen molar-refractivity contribution in [3.05, 3.63) is 58.6 Å². The molecular weight excluding hydrogens is 440 g/mol. The molecule has 176 valence electrons. The van der Waals surface area contributed by atoms with E-state index in [0.29, 0.717) is 34.1 Å². The van der Waals surface area contributed by atoms with E-state index in [1.807, 2.05) is 6.92 Å². The first-order chi connectivity index (χ1) is 16.0. The Balaban J connectivity index is 1.55. The van der Waals surface area contributed by atoms with Crippen molar-refractivity contribution in [1.82, 2.24) is 10.6 Å². The molecule has 0 radical (unpaired) electrons. The molecule has 0 atom stereocenters. The predicted octanol–water partition coefficient (Wildman–Crippen LogP) is 4.59. The standard InChI is InChI=1S/C25H31ClN4O3/c1-2-13-27-24(32)17-7-6-10-19(14-17)28-16-23(31)29-20-11-12-22(26)21(15-20)25(33)30-18-8-4-3-5-9-18/h6-7,10-12,14-15,18,28H,2-5,8-9,13,16H2,1H3,(H,27,32)(H,29,31)(H,30,33). The number of hydrogen-bond acceptors (Lipinski definition) is 4. The van der Waals surface area contributed by atoms with Crippen molar-refractivity contribution in [2.24, 2.45) is 0 Å². The smallest absolute Gasteiger partial charge is 0.253 e. The topological polar surface area (TPSA) is 99.3 Å². The number of benzene rings is 2. The minimum Gasteiger partial charge on any atom is -0.376 e. The number of anilines is 2. The molecule has 0 unspecified atom stereocenters. The molecule has 0 aromatic heterocycles. The summed E-state index contributed by atoms with van der Waals surface area (Å²) in [5.41, 5.74) is 2.03. The zero-order valence-electron chi connectivity index (χ0n) is 18.9. The van der Waals surface area contributed by atoms with Gasteiger partial charge < -0.3 is 21.3 Å². The van der Waals surface area contributed by atoms with E-state index in [9.17, 15) is 14.4 Å². The molecule has 4 N–H and O–H groups in total. The molecule has 33 heavy (non-hydrogen) atoms. The molecule has 2 aromatic carbocycles. The highest BCUT2D eigenvalue weighted by molar-refractivity contribution is 6.34. The Bertz CT molecular complexity index is 989. The van der Waals surface area contributed by atoms with Gasteiger partial charge in [0, 0.05) is 29.5 Å². The van der Waals surface area contributed by atoms with E-state index in [2.05, 4.69) is 21.3 Å². The summed E-state index contributed by atoms with van der Waals surface area (Å²) in [6, 6.07) is 12.0. The van der Waals surface area contributed by atoms with Crippen molar-refractivity contribution in [3.63, 3.8) is 0 Å². The molecule has 8 heteroatoms. The molecule has 0 saturated heterocycles. The molecule has 1 aliphatic rings. The van der Waals surface area contributed by atoms with Crippen LogP contribution < -0.4 is 21.3 Å². The summed E-state index contributed by atoms with van der Waals surface area (Å²) in [5.74, 6) is -0.652. The number of halogens is 1. The molecular formula is C25H31ClN4O3. The van der Waals surface area contributed by atoms with Crippen molar-refractivity contribution >= 4 is 40.7 Å². The number of carbonyl (C=O) groups is 3. The van der Waals surface area contributed by atoms with Crippen LogP contribution >= 0.6 is 11.6 Å². The van der Waals surface area contributed by atoms with E-state index >= 15 is 0 Å². The fourth-order valence-electron chi connectivity index (χ4n) is 3.79. The maximum Gasteiger partial charge on any atom is 0.253 e. The second-order valence-electron chi connectivity index (χ2n) is 8.24. The van der Waals surface area contributed by atoms with E-state index in [1.54, 1.807) is 42.5 Å². The average Bonchev–Trinajstić information content (AvgIpc) is 2.83. The van der Waals surface area contributed by atoms with Crippen molar-refractivity contribution in [2.45, 2.75) is 51.5 Å². The van der Waals surface area contributed by atoms with Crippen LogP contribution in [0.4, 0.5) is 11.4 Å². The summed E-state index contributed by atoms with van der Waals surface area (Å²) >= 11 is 6.24. The van der Waals surface area contributed by atoms with Gasteiger partial charge in [-0.05, 0) is 55.7 Å². The lowest BCUT2D eigenvalue weighted by atomic mass is 9.95. The highest BCUT2D eigenvalue weighted by Gasteiger charge is 2.19. The summed E-state index contributed by atoms with van der Waals surface area (Å²) in [6.07, 6.45) is 6.26. The van der Waals surface area contributed by atoms with Gasteiger partial charge in [0.25, 0.3) is 11.8 Å². The second-order valence-corrected chi connectivity index (χ2v) is 8.65. The SMILES string of the molecule is CCCNC(=O)c1cccc(NCC(=O)Nc2ccc(Cl)c(C(=O)NC3CCCCC3)c2)c1. The Labute approximate surface area is 199 Å². The largest absolute Gasteiger partial charge is 0.376 e. The summed E-state index contributed by atoms with van der Waals surface area (Å²) < 4.78 is 0. The van der Waals surface area contributed by atoms with Crippen LogP contribution in [0.2, 0.25) is 5.02 Å². The van der Waals surface area contributed by atoms with Gasteiger partial charge in [-0.1, -0.05) is 43.9 Å². The first-order valence-corrected chi connectivity index (χ1v) is 11.9. The van der Waals surface area contributed by atoms with Gasteiger partial charge in [-0.15, -0.1) is 0 Å². The van der Waals surface area contributed by atoms with Crippen molar-refractivity contribution in [3.8, 4) is 0 Å². The first kappa shape index (κ1) is 24.6. The highest BCUT2D eigenvalue weighted by Crippen LogP contribution is 2.23. The van der Waals surface area contributed by atoms with Crippen molar-refractivity contribution in [2.75, 3.05) is 23.7 Å². The van der Waals surface area contributed by atoms with Gasteiger partial charge in [0.15, 0.2) is 0 Å². The summed E-state index contributed by atoms with van der Waals surface area (Å²) in [6.45, 7) is 2.61. The Morgan fingerprint density at radius 2 is 1.76 bits per heavy atom. The van der Waals surface area contributed by atoms with Crippen LogP contribution in [0.1, 0.15) is 66.2 Å². The normalized spacial score (nSPS) is 13.8. The number of rotatable bonds is 9. The van der Waals surface area contributed by atoms with Gasteiger partial charge in [-0.2, -0.15) is 0 Å². The first-order valence-electron chi connectivity index (χ1n) is 11.5. The third-order valence-corrected chi connectivity index (χ3v) is 5.88. The van der Waals surface area contributed by atoms with Gasteiger partial charge in [-0.3, -0.25) is 14.4 Å². The van der Waals surface area contributed by atoms with Crippen LogP contribution in [-0.4, -0.2) is 36.9 Å². The Hall–Kier alpha value is -3.06. The lowest BCUT2D eigenvalue weighted by Crippen LogP contribution is -2.36. The molecule has 1 aliphatic carbocycles. The van der Waals surface area contributed by atoms with E-state index < -0.39 is 0 Å². The maximum atomic E-state index is 12.7. The van der Waals surface area contributed by atoms with Gasteiger partial charge in [0.2, 0.25) is 5.91 Å². The Kier molecular flexibility index (Phi) is 9.13. The van der Waals surface area contributed by atoms with Gasteiger partial charge >= 0.3 is 0 Å². The summed E-state index contributed by atoms with van der Waals surface area (Å²) in [4.78, 5) is 37.2. The zero-order valence-corrected chi connectivity index (χ0v) is 19.6. The number of carbonyl (C=O) groups excluding carboxylic acids is 3. The van der Waals surface area contributed by atoms with E-state index in [1.165, 1.54) is 6.42 Å². The average molecular weight is 471 g/mol. The maximum absolute atomic E-state index is 12.7. The van der Waals surface area contributed by atoms with Crippen LogP contribution in [-0.2, 0) is 4.79 Å². The number of hydrogen-bond donors (Lipinski definition) is 4. The molecule has 1 fully saturated rings. The Morgan fingerprint density at radius 3 is 2.52 bits per heavy atom. The summed E-state index contributed by atoms with van der Waals surface area (Å²) in [5, 5.41) is 12.0. The molecule has 0 aliphatic heterocycles. The van der Waals surface area contributed by atoms with Crippen molar-refractivity contribution < 1.29 is 14.4 Å². The van der Waals surface area contributed by atoms with E-state index in [0.717, 1.165) is 32.1 Å². The molecule has 7 nitrogen and oxygen atoms in total. The van der Waals surface area contributed by atoms with Crippen LogP contribution in [0.5, 0.6) is 0 Å². The summed E-state index contributed by atoms with van der Waals surface area (Å²) in [7, 11) is 0. The van der Waals surface area contributed by atoms with Crippen LogP contribution in [0.15, 0.2) is 42.5 Å². The lowest BCUT2D eigenvalue weighted by Gasteiger charge is -2.23. The minimum absolute atomic E-state index is 0.00621. The number of amides is 3. The van der Waals surface area contributed by atoms with E-state index in [-0.39, 0.29) is 30.3 Å². The quantitative estimate of drug-likeness (QED) is 0.430. The van der Waals surface area contributed by atoms with E-state index in [4.69, 9.17) is 11.6 Å². The zero-order chi connectivity index (χ0) is 23.6. The lowest BCUT2D eigenvalue weighted by molar-refractivity contribution is -0.114. The van der Waals surface area contributed by atoms with Crippen LogP contribution in [0.25, 0.3) is 0 Å². The molecule has 0 heterocycles.